The maximum atomic E-state index is 12.2. The van der Waals surface area contributed by atoms with Gasteiger partial charge in [-0.15, -0.1) is 0 Å². The lowest BCUT2D eigenvalue weighted by Crippen LogP contribution is -2.19. The molecule has 1 heterocycles. The van der Waals surface area contributed by atoms with Crippen molar-refractivity contribution in [3.05, 3.63) is 52.9 Å². The summed E-state index contributed by atoms with van der Waals surface area (Å²) in [5.74, 6) is 0.836. The number of aromatic hydroxyl groups is 1. The van der Waals surface area contributed by atoms with Crippen LogP contribution in [0.4, 0.5) is 5.69 Å². The predicted octanol–water partition coefficient (Wildman–Crippen LogP) is 3.69. The van der Waals surface area contributed by atoms with Gasteiger partial charge in [0.15, 0.2) is 16.7 Å². The molecule has 3 rings (SSSR count). The van der Waals surface area contributed by atoms with Crippen LogP contribution in [0.1, 0.15) is 12.5 Å². The predicted molar refractivity (Wildman–Crippen MR) is 103 cm³/mol. The van der Waals surface area contributed by atoms with E-state index in [9.17, 15) is 9.90 Å². The van der Waals surface area contributed by atoms with Gasteiger partial charge in [-0.3, -0.25) is 4.79 Å². The zero-order valence-corrected chi connectivity index (χ0v) is 15.2. The zero-order chi connectivity index (χ0) is 18.5. The summed E-state index contributed by atoms with van der Waals surface area (Å²) in [6.07, 6.45) is 1.72. The van der Waals surface area contributed by atoms with Gasteiger partial charge in [-0.25, -0.2) is 4.99 Å². The van der Waals surface area contributed by atoms with Crippen LogP contribution in [0.5, 0.6) is 17.2 Å². The van der Waals surface area contributed by atoms with Crippen LogP contribution >= 0.6 is 11.8 Å². The number of nitrogens with one attached hydrogen (secondary N) is 1. The smallest absolute Gasteiger partial charge is 0.264 e. The van der Waals surface area contributed by atoms with Crippen molar-refractivity contribution in [2.75, 3.05) is 13.7 Å². The molecule has 0 aliphatic carbocycles. The maximum Gasteiger partial charge on any atom is 0.264 e. The lowest BCUT2D eigenvalue weighted by Gasteiger charge is -2.06. The topological polar surface area (TPSA) is 80.2 Å². The Bertz CT molecular complexity index is 893. The molecular weight excluding hydrogens is 352 g/mol. The summed E-state index contributed by atoms with van der Waals surface area (Å²) >= 11 is 1.24. The number of thioether (sulfide) groups is 1. The quantitative estimate of drug-likeness (QED) is 0.785. The summed E-state index contributed by atoms with van der Waals surface area (Å²) in [5, 5.41) is 12.9. The van der Waals surface area contributed by atoms with Crippen LogP contribution in [0, 0.1) is 0 Å². The number of aliphatic imine (C=N–C) groups is 1. The number of para-hydroxylation sites is 2. The van der Waals surface area contributed by atoms with Crippen LogP contribution in [0.3, 0.4) is 0 Å². The van der Waals surface area contributed by atoms with Crippen molar-refractivity contribution in [2.24, 2.45) is 4.99 Å². The van der Waals surface area contributed by atoms with E-state index in [0.29, 0.717) is 33.9 Å². The number of nitrogens with zero attached hydrogens (tertiary/aromatic N) is 1. The van der Waals surface area contributed by atoms with Crippen LogP contribution in [0.2, 0.25) is 0 Å². The minimum absolute atomic E-state index is 0.0490. The van der Waals surface area contributed by atoms with Gasteiger partial charge in [0.1, 0.15) is 11.4 Å². The van der Waals surface area contributed by atoms with E-state index in [2.05, 4.69) is 10.3 Å². The van der Waals surface area contributed by atoms with Gasteiger partial charge in [0, 0.05) is 0 Å². The lowest BCUT2D eigenvalue weighted by molar-refractivity contribution is -0.115. The van der Waals surface area contributed by atoms with Crippen LogP contribution in [0.25, 0.3) is 6.08 Å². The molecular formula is C19H18N2O4S. The Morgan fingerprint density at radius 1 is 1.23 bits per heavy atom. The van der Waals surface area contributed by atoms with Gasteiger partial charge >= 0.3 is 0 Å². The number of methoxy groups -OCH3 is 1. The third kappa shape index (κ3) is 4.00. The van der Waals surface area contributed by atoms with Gasteiger partial charge in [0.25, 0.3) is 5.91 Å². The van der Waals surface area contributed by atoms with Crippen molar-refractivity contribution in [2.45, 2.75) is 6.92 Å². The van der Waals surface area contributed by atoms with Crippen LogP contribution in [-0.2, 0) is 4.79 Å². The number of carbonyl (C=O) groups excluding carboxylic acids is 1. The highest BCUT2D eigenvalue weighted by atomic mass is 32.2. The van der Waals surface area contributed by atoms with E-state index in [-0.39, 0.29) is 11.7 Å². The summed E-state index contributed by atoms with van der Waals surface area (Å²) in [4.78, 5) is 17.2. The first-order chi connectivity index (χ1) is 12.6. The minimum atomic E-state index is -0.227. The fourth-order valence-electron chi connectivity index (χ4n) is 2.35. The van der Waals surface area contributed by atoms with Crippen molar-refractivity contribution in [1.82, 2.24) is 5.32 Å². The first-order valence-corrected chi connectivity index (χ1v) is 8.80. The number of amides is 1. The number of hydrogen-bond acceptors (Lipinski definition) is 6. The molecule has 2 aromatic rings. The largest absolute Gasteiger partial charge is 0.504 e. The molecule has 1 saturated heterocycles. The van der Waals surface area contributed by atoms with Crippen LogP contribution in [-0.4, -0.2) is 29.9 Å². The molecule has 6 nitrogen and oxygen atoms in total. The van der Waals surface area contributed by atoms with Crippen molar-refractivity contribution >= 4 is 34.6 Å². The molecule has 26 heavy (non-hydrogen) atoms. The Hall–Kier alpha value is -2.93. The van der Waals surface area contributed by atoms with Gasteiger partial charge in [-0.2, -0.15) is 0 Å². The van der Waals surface area contributed by atoms with Gasteiger partial charge in [-0.1, -0.05) is 18.2 Å². The molecule has 0 radical (unpaired) electrons. The summed E-state index contributed by atoms with van der Waals surface area (Å²) in [7, 11) is 1.48. The normalized spacial score (nSPS) is 16.8. The van der Waals surface area contributed by atoms with Crippen molar-refractivity contribution in [3.63, 3.8) is 0 Å². The van der Waals surface area contributed by atoms with E-state index in [4.69, 9.17) is 9.47 Å². The maximum absolute atomic E-state index is 12.2. The Labute approximate surface area is 155 Å². The number of phenols is 1. The standard InChI is InChI=1S/C19H18N2O4S/c1-3-25-15-7-5-4-6-13(15)20-19-21-18(23)17(26-19)11-12-8-9-14(22)16(10-12)24-2/h4-11,22H,3H2,1-2H3,(H,20,21,23)/b17-11-. The molecule has 0 saturated carbocycles. The summed E-state index contributed by atoms with van der Waals surface area (Å²) in [6.45, 7) is 2.44. The monoisotopic (exact) mass is 370 g/mol. The van der Waals surface area contributed by atoms with E-state index in [1.807, 2.05) is 31.2 Å². The molecule has 1 aliphatic heterocycles. The Balaban J connectivity index is 1.85. The molecule has 0 unspecified atom stereocenters. The molecule has 2 N–H and O–H groups in total. The first kappa shape index (κ1) is 17.9. The number of phenolic OH excluding ortho intramolecular Hbond substituents is 1. The minimum Gasteiger partial charge on any atom is -0.504 e. The fraction of sp³-hybridized carbons (Fsp3) is 0.158. The van der Waals surface area contributed by atoms with E-state index in [0.717, 1.165) is 5.56 Å². The summed E-state index contributed by atoms with van der Waals surface area (Å²) < 4.78 is 10.6. The van der Waals surface area contributed by atoms with Crippen molar-refractivity contribution in [3.8, 4) is 17.2 Å². The molecule has 1 fully saturated rings. The van der Waals surface area contributed by atoms with Crippen LogP contribution in [0.15, 0.2) is 52.4 Å². The van der Waals surface area contributed by atoms with Gasteiger partial charge in [-0.05, 0) is 54.6 Å². The highest BCUT2D eigenvalue weighted by molar-refractivity contribution is 8.18. The number of hydrogen-bond donors (Lipinski definition) is 2. The molecule has 134 valence electrons. The second-order valence-electron chi connectivity index (χ2n) is 5.31. The van der Waals surface area contributed by atoms with Crippen molar-refractivity contribution in [1.29, 1.82) is 0 Å². The van der Waals surface area contributed by atoms with E-state index >= 15 is 0 Å². The molecule has 2 aromatic carbocycles. The Morgan fingerprint density at radius 3 is 2.81 bits per heavy atom. The van der Waals surface area contributed by atoms with E-state index in [1.165, 1.54) is 24.9 Å². The van der Waals surface area contributed by atoms with E-state index in [1.54, 1.807) is 18.2 Å². The molecule has 1 aliphatic rings. The molecule has 0 atom stereocenters. The molecule has 0 bridgehead atoms. The highest BCUT2D eigenvalue weighted by Gasteiger charge is 2.24. The third-order valence-electron chi connectivity index (χ3n) is 3.54. The lowest BCUT2D eigenvalue weighted by atomic mass is 10.2. The molecule has 1 amide bonds. The third-order valence-corrected chi connectivity index (χ3v) is 4.45. The zero-order valence-electron chi connectivity index (χ0n) is 14.4. The number of ether oxygens (including phenoxy) is 2. The van der Waals surface area contributed by atoms with Crippen molar-refractivity contribution < 1.29 is 19.4 Å². The molecule has 0 aromatic heterocycles. The van der Waals surface area contributed by atoms with Crippen LogP contribution < -0.4 is 14.8 Å². The average molecular weight is 370 g/mol. The number of amidine groups is 1. The Morgan fingerprint density at radius 2 is 2.04 bits per heavy atom. The molecule has 0 spiro atoms. The second kappa shape index (κ2) is 7.97. The van der Waals surface area contributed by atoms with Gasteiger partial charge < -0.3 is 19.9 Å². The number of carbonyl (C=O) groups is 1. The summed E-state index contributed by atoms with van der Waals surface area (Å²) in [5.41, 5.74) is 1.40. The number of rotatable bonds is 5. The Kier molecular flexibility index (Phi) is 5.48. The number of benzene rings is 2. The second-order valence-corrected chi connectivity index (χ2v) is 6.34. The van der Waals surface area contributed by atoms with E-state index < -0.39 is 0 Å². The molecule has 7 heteroatoms. The van der Waals surface area contributed by atoms with Gasteiger partial charge in [0.05, 0.1) is 18.6 Å². The SMILES string of the molecule is CCOc1ccccc1N=C1NC(=O)/C(=C/c2ccc(O)c(OC)c2)S1. The summed E-state index contributed by atoms with van der Waals surface area (Å²) in [6, 6.07) is 12.3. The van der Waals surface area contributed by atoms with Gasteiger partial charge in [0.2, 0.25) is 0 Å². The average Bonchev–Trinajstić information content (AvgIpc) is 2.97. The highest BCUT2D eigenvalue weighted by Crippen LogP contribution is 2.33. The first-order valence-electron chi connectivity index (χ1n) is 7.99. The fourth-order valence-corrected chi connectivity index (χ4v) is 3.19.